The molecule has 0 bridgehead atoms. The van der Waals surface area contributed by atoms with E-state index in [4.69, 9.17) is 0 Å². The summed E-state index contributed by atoms with van der Waals surface area (Å²) in [4.78, 5) is 25.3. The fourth-order valence-electron chi connectivity index (χ4n) is 3.41. The van der Waals surface area contributed by atoms with Gasteiger partial charge in [-0.3, -0.25) is 9.59 Å². The Hall–Kier alpha value is -4.25. The number of anilines is 2. The highest BCUT2D eigenvalue weighted by molar-refractivity contribution is 6.10. The molecule has 5 nitrogen and oxygen atoms in total. The Balaban J connectivity index is 1.38. The number of benzene rings is 3. The van der Waals surface area contributed by atoms with Crippen molar-refractivity contribution in [1.82, 2.24) is 0 Å². The summed E-state index contributed by atoms with van der Waals surface area (Å²) >= 11 is 0. The maximum Gasteiger partial charge on any atom is 0.290 e. The van der Waals surface area contributed by atoms with E-state index in [1.165, 1.54) is 11.1 Å². The van der Waals surface area contributed by atoms with Crippen molar-refractivity contribution in [2.24, 2.45) is 0 Å². The molecule has 1 aromatic heterocycles. The van der Waals surface area contributed by atoms with Crippen LogP contribution in [-0.4, -0.2) is 11.8 Å². The molecule has 5 heteroatoms. The molecule has 0 aliphatic rings. The van der Waals surface area contributed by atoms with Crippen molar-refractivity contribution < 1.29 is 14.2 Å². The number of nitrogens with one attached hydrogen (secondary N) is 2. The first kappa shape index (κ1) is 21.0. The molecule has 0 radical (unpaired) electrons. The summed E-state index contributed by atoms with van der Waals surface area (Å²) in [7, 11) is 0. The molecule has 0 saturated heterocycles. The first-order chi connectivity index (χ1) is 15.7. The van der Waals surface area contributed by atoms with E-state index >= 15 is 0 Å². The van der Waals surface area contributed by atoms with Crippen molar-refractivity contribution in [3.63, 3.8) is 0 Å². The highest BCUT2D eigenvalue weighted by Crippen LogP contribution is 2.17. The van der Waals surface area contributed by atoms with Gasteiger partial charge in [-0.05, 0) is 41.8 Å². The highest BCUT2D eigenvalue weighted by atomic mass is 16.2. The number of para-hydroxylation sites is 2. The smallest absolute Gasteiger partial charge is 0.290 e. The van der Waals surface area contributed by atoms with Crippen LogP contribution in [0.1, 0.15) is 21.5 Å². The molecule has 2 amide bonds. The summed E-state index contributed by atoms with van der Waals surface area (Å²) in [5, 5.41) is 5.71. The minimum atomic E-state index is -0.273. The second-order valence-corrected chi connectivity index (χ2v) is 7.46. The van der Waals surface area contributed by atoms with Crippen LogP contribution in [0.25, 0.3) is 0 Å². The SMILES string of the molecule is O=C(C[n+]1ccc(Cc2ccccc2)cc1)Nc1ccccc1C(=O)Nc1ccccc1. The van der Waals surface area contributed by atoms with Crippen molar-refractivity contribution in [2.75, 3.05) is 10.6 Å². The third-order valence-electron chi connectivity index (χ3n) is 5.01. The number of carbonyl (C=O) groups is 2. The number of aromatic nitrogens is 1. The monoisotopic (exact) mass is 422 g/mol. The summed E-state index contributed by atoms with van der Waals surface area (Å²) < 4.78 is 1.82. The molecule has 3 aromatic carbocycles. The van der Waals surface area contributed by atoms with Gasteiger partial charge in [0.25, 0.3) is 11.8 Å². The lowest BCUT2D eigenvalue weighted by molar-refractivity contribution is -0.684. The molecule has 1 heterocycles. The number of hydrogen-bond acceptors (Lipinski definition) is 2. The number of hydrogen-bond donors (Lipinski definition) is 2. The Morgan fingerprint density at radius 3 is 1.97 bits per heavy atom. The summed E-state index contributed by atoms with van der Waals surface area (Å²) in [6.07, 6.45) is 4.63. The van der Waals surface area contributed by atoms with Crippen LogP contribution < -0.4 is 15.2 Å². The molecule has 0 atom stereocenters. The Kier molecular flexibility index (Phi) is 6.68. The number of rotatable bonds is 7. The molecule has 0 unspecified atom stereocenters. The van der Waals surface area contributed by atoms with Gasteiger partial charge in [-0.15, -0.1) is 0 Å². The molecule has 4 aromatic rings. The molecule has 0 aliphatic heterocycles. The molecule has 158 valence electrons. The van der Waals surface area contributed by atoms with Crippen molar-refractivity contribution in [1.29, 1.82) is 0 Å². The van der Waals surface area contributed by atoms with E-state index < -0.39 is 0 Å². The van der Waals surface area contributed by atoms with E-state index in [-0.39, 0.29) is 18.4 Å². The van der Waals surface area contributed by atoms with E-state index in [2.05, 4.69) is 22.8 Å². The standard InChI is InChI=1S/C27H23N3O2/c31-26(20-30-17-15-22(16-18-30)19-21-9-3-1-4-10-21)29-25-14-8-7-13-24(25)27(32)28-23-11-5-2-6-12-23/h1-18H,19-20H2,(H-,28,29,31,32)/p+1. The zero-order valence-corrected chi connectivity index (χ0v) is 17.6. The second kappa shape index (κ2) is 10.2. The molecular weight excluding hydrogens is 398 g/mol. The lowest BCUT2D eigenvalue weighted by Gasteiger charge is -2.11. The minimum Gasteiger partial charge on any atom is -0.322 e. The maximum absolute atomic E-state index is 12.7. The molecule has 0 aliphatic carbocycles. The van der Waals surface area contributed by atoms with Crippen LogP contribution in [0.5, 0.6) is 0 Å². The van der Waals surface area contributed by atoms with Crippen molar-refractivity contribution in [3.8, 4) is 0 Å². The molecule has 0 saturated carbocycles. The van der Waals surface area contributed by atoms with Gasteiger partial charge in [0, 0.05) is 17.8 Å². The predicted molar refractivity (Wildman–Crippen MR) is 125 cm³/mol. The van der Waals surface area contributed by atoms with Gasteiger partial charge >= 0.3 is 0 Å². The quantitative estimate of drug-likeness (QED) is 0.432. The van der Waals surface area contributed by atoms with Gasteiger partial charge < -0.3 is 10.6 Å². The number of carbonyl (C=O) groups excluding carboxylic acids is 2. The number of amides is 2. The number of pyridine rings is 1. The molecule has 32 heavy (non-hydrogen) atoms. The van der Waals surface area contributed by atoms with Gasteiger partial charge in [-0.2, -0.15) is 4.57 Å². The Bertz CT molecular complexity index is 1190. The molecule has 0 fully saturated rings. The Labute approximate surface area is 187 Å². The average Bonchev–Trinajstić information content (AvgIpc) is 2.82. The summed E-state index contributed by atoms with van der Waals surface area (Å²) in [6, 6.07) is 30.5. The lowest BCUT2D eigenvalue weighted by atomic mass is 10.1. The topological polar surface area (TPSA) is 62.1 Å². The summed E-state index contributed by atoms with van der Waals surface area (Å²) in [5.74, 6) is -0.476. The minimum absolute atomic E-state index is 0.153. The van der Waals surface area contributed by atoms with Crippen LogP contribution in [0.3, 0.4) is 0 Å². The van der Waals surface area contributed by atoms with Crippen LogP contribution in [0.15, 0.2) is 109 Å². The van der Waals surface area contributed by atoms with Crippen LogP contribution in [0, 0.1) is 0 Å². The Morgan fingerprint density at radius 1 is 0.656 bits per heavy atom. The van der Waals surface area contributed by atoms with Gasteiger partial charge in [-0.1, -0.05) is 60.7 Å². The normalized spacial score (nSPS) is 10.4. The zero-order valence-electron chi connectivity index (χ0n) is 17.6. The van der Waals surface area contributed by atoms with Crippen molar-refractivity contribution >= 4 is 23.2 Å². The van der Waals surface area contributed by atoms with Gasteiger partial charge in [0.05, 0.1) is 11.3 Å². The fraction of sp³-hybridized carbons (Fsp3) is 0.0741. The van der Waals surface area contributed by atoms with Crippen LogP contribution in [-0.2, 0) is 17.8 Å². The maximum atomic E-state index is 12.7. The molecule has 2 N–H and O–H groups in total. The number of nitrogens with zero attached hydrogens (tertiary/aromatic N) is 1. The van der Waals surface area contributed by atoms with Crippen molar-refractivity contribution in [3.05, 3.63) is 126 Å². The first-order valence-electron chi connectivity index (χ1n) is 10.4. The zero-order chi connectivity index (χ0) is 22.2. The second-order valence-electron chi connectivity index (χ2n) is 7.46. The van der Waals surface area contributed by atoms with Gasteiger partial charge in [-0.25, -0.2) is 0 Å². The fourth-order valence-corrected chi connectivity index (χ4v) is 3.41. The largest absolute Gasteiger partial charge is 0.322 e. The van der Waals surface area contributed by atoms with E-state index in [1.807, 2.05) is 77.6 Å². The van der Waals surface area contributed by atoms with Crippen LogP contribution >= 0.6 is 0 Å². The predicted octanol–water partition coefficient (Wildman–Crippen LogP) is 4.46. The van der Waals surface area contributed by atoms with Crippen LogP contribution in [0.2, 0.25) is 0 Å². The molecular formula is C27H24N3O2+. The third-order valence-corrected chi connectivity index (χ3v) is 5.01. The molecule has 0 spiro atoms. The first-order valence-corrected chi connectivity index (χ1v) is 10.4. The average molecular weight is 423 g/mol. The van der Waals surface area contributed by atoms with E-state index in [1.54, 1.807) is 24.3 Å². The van der Waals surface area contributed by atoms with E-state index in [0.717, 1.165) is 6.42 Å². The highest BCUT2D eigenvalue weighted by Gasteiger charge is 2.15. The van der Waals surface area contributed by atoms with Gasteiger partial charge in [0.2, 0.25) is 6.54 Å². The summed E-state index contributed by atoms with van der Waals surface area (Å²) in [5.41, 5.74) is 4.01. The van der Waals surface area contributed by atoms with Crippen LogP contribution in [0.4, 0.5) is 11.4 Å². The lowest BCUT2D eigenvalue weighted by Crippen LogP contribution is -2.39. The summed E-state index contributed by atoms with van der Waals surface area (Å²) in [6.45, 7) is 0.153. The third kappa shape index (κ3) is 5.67. The van der Waals surface area contributed by atoms with E-state index in [9.17, 15) is 9.59 Å². The molecule has 4 rings (SSSR count). The van der Waals surface area contributed by atoms with Gasteiger partial charge in [0.15, 0.2) is 12.4 Å². The van der Waals surface area contributed by atoms with E-state index in [0.29, 0.717) is 16.9 Å². The van der Waals surface area contributed by atoms with Gasteiger partial charge in [0.1, 0.15) is 0 Å². The van der Waals surface area contributed by atoms with Crippen molar-refractivity contribution in [2.45, 2.75) is 13.0 Å². The Morgan fingerprint density at radius 2 is 1.25 bits per heavy atom.